The van der Waals surface area contributed by atoms with Gasteiger partial charge in [-0.2, -0.15) is 4.57 Å². The van der Waals surface area contributed by atoms with Crippen LogP contribution in [0.1, 0.15) is 5.56 Å². The molecule has 0 N–H and O–H groups in total. The van der Waals surface area contributed by atoms with Crippen LogP contribution in [-0.4, -0.2) is 6.15 Å². The molecule has 0 saturated heterocycles. The summed E-state index contributed by atoms with van der Waals surface area (Å²) in [4.78, 5) is 0. The molecule has 0 unspecified atom stereocenters. The lowest BCUT2D eigenvalue weighted by molar-refractivity contribution is -0.662. The van der Waals surface area contributed by atoms with Crippen molar-refractivity contribution in [1.82, 2.24) is 0 Å². The Hall–Kier alpha value is -6.13. The maximum atomic E-state index is 15.4. The molecule has 1 aromatic heterocycles. The van der Waals surface area contributed by atoms with E-state index in [2.05, 4.69) is 81.3 Å². The van der Waals surface area contributed by atoms with Gasteiger partial charge in [0.25, 0.3) is 0 Å². The first kappa shape index (κ1) is 46.4. The predicted octanol–water partition coefficient (Wildman–Crippen LogP) is 9.78. The molecule has 63 heavy (non-hydrogen) atoms. The number of hydrogen-bond donors (Lipinski definition) is 0. The molecule has 7 rings (SSSR count). The van der Waals surface area contributed by atoms with E-state index in [-0.39, 0.29) is 0 Å². The van der Waals surface area contributed by atoms with Gasteiger partial charge in [0.15, 0.2) is 82.5 Å². The lowest BCUT2D eigenvalue weighted by atomic mass is 9.12. The summed E-state index contributed by atoms with van der Waals surface area (Å²) in [5, 5.41) is 1.26. The molecule has 7 aromatic rings. The van der Waals surface area contributed by atoms with Gasteiger partial charge in [-0.3, -0.25) is 0 Å². The summed E-state index contributed by atoms with van der Waals surface area (Å²) < 4.78 is 297. The maximum absolute atomic E-state index is 15.4. The van der Waals surface area contributed by atoms with E-state index in [4.69, 9.17) is 0 Å². The number of rotatable bonds is 6. The van der Waals surface area contributed by atoms with E-state index in [0.29, 0.717) is 0 Å². The van der Waals surface area contributed by atoms with Crippen LogP contribution in [0.15, 0.2) is 71.3 Å². The Balaban J connectivity index is 0.000000302. The molecule has 0 aliphatic heterocycles. The zero-order chi connectivity index (χ0) is 46.7. The number of halogens is 21. The summed E-state index contributed by atoms with van der Waals surface area (Å²) >= 11 is 3.54. The topological polar surface area (TPSA) is 3.88 Å². The van der Waals surface area contributed by atoms with E-state index in [1.54, 1.807) is 0 Å². The van der Waals surface area contributed by atoms with Gasteiger partial charge in [-0.05, 0) is 18.2 Å². The van der Waals surface area contributed by atoms with Crippen LogP contribution in [0.5, 0.6) is 0 Å². The maximum Gasteiger partial charge on any atom is 0.213 e. The molecule has 1 nitrogen and oxygen atoms in total. The van der Waals surface area contributed by atoms with Crippen molar-refractivity contribution >= 4 is 54.8 Å². The third kappa shape index (κ3) is 7.32. The number of hydrogen-bond acceptors (Lipinski definition) is 0. The number of benzene rings is 6. The molecule has 0 aliphatic rings. The number of aromatic nitrogens is 1. The first-order chi connectivity index (χ1) is 29.5. The molecular formula is C40H13BBrF20N. The van der Waals surface area contributed by atoms with E-state index in [9.17, 15) is 52.7 Å². The molecule has 6 aromatic carbocycles. The molecule has 0 fully saturated rings. The van der Waals surface area contributed by atoms with Gasteiger partial charge < -0.3 is 0 Å². The summed E-state index contributed by atoms with van der Waals surface area (Å²) in [7, 11) is 0. The number of pyridine rings is 1. The highest BCUT2D eigenvalue weighted by molar-refractivity contribution is 9.10. The van der Waals surface area contributed by atoms with Crippen LogP contribution in [0.2, 0.25) is 0 Å². The van der Waals surface area contributed by atoms with Crippen LogP contribution >= 0.6 is 15.9 Å². The quantitative estimate of drug-likeness (QED) is 0.0514. The fourth-order valence-corrected chi connectivity index (χ4v) is 7.38. The highest BCUT2D eigenvalue weighted by Crippen LogP contribution is 2.31. The smallest absolute Gasteiger partial charge is 0.207 e. The average molecular weight is 978 g/mol. The van der Waals surface area contributed by atoms with Crippen LogP contribution in [0.4, 0.5) is 87.8 Å². The largest absolute Gasteiger partial charge is 0.213 e. The Morgan fingerprint density at radius 1 is 0.349 bits per heavy atom. The van der Waals surface area contributed by atoms with Crippen LogP contribution in [0, 0.1) is 116 Å². The van der Waals surface area contributed by atoms with Crippen molar-refractivity contribution in [2.24, 2.45) is 0 Å². The summed E-state index contributed by atoms with van der Waals surface area (Å²) in [6, 6.07) is 21.1. The second kappa shape index (κ2) is 17.2. The van der Waals surface area contributed by atoms with E-state index in [1.807, 2.05) is 6.07 Å². The fraction of sp³-hybridized carbons (Fsp3) is 0.0250. The van der Waals surface area contributed by atoms with E-state index >= 15 is 35.1 Å². The standard InChI is InChI=1S/C24BF20.C16H13BrN/c26-5-1(6(27)14(35)21(42)13(5)34)25(2-7(28)15(36)22(43)16(37)8(2)29,3-9(30)17(38)23(44)18(39)10(3)31)4-11(32)19(40)24(45)20(41)12(4)33;17-15-9-8-14-7-4-10-18(16(14)11-15)12-13-5-2-1-3-6-13/h;1-11H,12H2/q-1;+1. The SMILES string of the molecule is Brc1ccc2ccc[n+](Cc3ccccc3)c2c1.Fc1c(F)c(F)c([B-](c2c(F)c(F)c(F)c(F)c2F)(c2c(F)c(F)c(F)c(F)c2F)c2c(F)c(F)c(F)c(F)c2F)c(F)c1F. The van der Waals surface area contributed by atoms with Gasteiger partial charge in [-0.25, -0.2) is 87.8 Å². The molecule has 0 spiro atoms. The zero-order valence-corrected chi connectivity index (χ0v) is 31.6. The lowest BCUT2D eigenvalue weighted by Gasteiger charge is -2.44. The van der Waals surface area contributed by atoms with Gasteiger partial charge in [0.2, 0.25) is 5.52 Å². The first-order valence-corrected chi connectivity index (χ1v) is 17.7. The van der Waals surface area contributed by atoms with Gasteiger partial charge >= 0.3 is 0 Å². The molecule has 23 heteroatoms. The van der Waals surface area contributed by atoms with Crippen molar-refractivity contribution in [3.63, 3.8) is 0 Å². The Kier molecular flexibility index (Phi) is 12.7. The second-order valence-corrected chi connectivity index (χ2v) is 14.0. The minimum atomic E-state index is -7.22. The minimum Gasteiger partial charge on any atom is -0.207 e. The van der Waals surface area contributed by atoms with Crippen LogP contribution < -0.4 is 26.4 Å². The Bertz CT molecular complexity index is 2620. The van der Waals surface area contributed by atoms with Crippen molar-refractivity contribution in [3.8, 4) is 0 Å². The van der Waals surface area contributed by atoms with Crippen molar-refractivity contribution in [3.05, 3.63) is 193 Å². The third-order valence-electron chi connectivity index (χ3n) is 9.75. The van der Waals surface area contributed by atoms with Gasteiger partial charge in [-0.15, -0.1) is 21.9 Å². The molecule has 0 amide bonds. The minimum absolute atomic E-state index is 0.897. The van der Waals surface area contributed by atoms with Gasteiger partial charge in [0.05, 0.1) is 0 Å². The molecule has 0 radical (unpaired) electrons. The number of fused-ring (bicyclic) bond motifs is 1. The van der Waals surface area contributed by atoms with Crippen LogP contribution in [0.25, 0.3) is 10.9 Å². The molecule has 0 saturated carbocycles. The van der Waals surface area contributed by atoms with Crippen LogP contribution in [0.3, 0.4) is 0 Å². The van der Waals surface area contributed by atoms with Gasteiger partial charge in [0.1, 0.15) is 52.7 Å². The van der Waals surface area contributed by atoms with E-state index in [0.717, 1.165) is 11.0 Å². The summed E-state index contributed by atoms with van der Waals surface area (Å²) in [5.41, 5.74) is -11.8. The number of nitrogens with zero attached hydrogens (tertiary/aromatic N) is 1. The molecular weight excluding hydrogens is 965 g/mol. The van der Waals surface area contributed by atoms with Gasteiger partial charge in [-0.1, -0.05) is 46.3 Å². The Labute approximate surface area is 346 Å². The van der Waals surface area contributed by atoms with E-state index < -0.39 is 144 Å². The Morgan fingerprint density at radius 2 is 0.651 bits per heavy atom. The summed E-state index contributed by atoms with van der Waals surface area (Å²) in [5.74, 6) is -71.4. The lowest BCUT2D eigenvalue weighted by Crippen LogP contribution is -2.81. The predicted molar refractivity (Wildman–Crippen MR) is 187 cm³/mol. The van der Waals surface area contributed by atoms with Crippen molar-refractivity contribution in [2.75, 3.05) is 0 Å². The molecule has 0 aliphatic carbocycles. The average Bonchev–Trinajstić information content (AvgIpc) is 3.27. The highest BCUT2D eigenvalue weighted by Gasteiger charge is 2.52. The van der Waals surface area contributed by atoms with Crippen molar-refractivity contribution < 1.29 is 92.4 Å². The monoisotopic (exact) mass is 977 g/mol. The van der Waals surface area contributed by atoms with Crippen molar-refractivity contribution in [1.29, 1.82) is 0 Å². The van der Waals surface area contributed by atoms with E-state index in [1.165, 1.54) is 16.5 Å². The highest BCUT2D eigenvalue weighted by atomic mass is 79.9. The summed E-state index contributed by atoms with van der Waals surface area (Å²) in [6.45, 7) is 0.897. The molecule has 1 heterocycles. The molecule has 0 bridgehead atoms. The third-order valence-corrected chi connectivity index (χ3v) is 10.2. The van der Waals surface area contributed by atoms with Crippen LogP contribution in [-0.2, 0) is 6.54 Å². The van der Waals surface area contributed by atoms with Gasteiger partial charge in [0, 0.05) is 27.6 Å². The second-order valence-electron chi connectivity index (χ2n) is 13.1. The first-order valence-electron chi connectivity index (χ1n) is 16.9. The normalized spacial score (nSPS) is 11.6. The molecule has 0 atom stereocenters. The Morgan fingerprint density at radius 3 is 0.968 bits per heavy atom. The fourth-order valence-electron chi connectivity index (χ4n) is 7.03. The molecule has 328 valence electrons. The zero-order valence-electron chi connectivity index (χ0n) is 30.0. The van der Waals surface area contributed by atoms with Crippen molar-refractivity contribution in [2.45, 2.75) is 6.54 Å². The summed E-state index contributed by atoms with van der Waals surface area (Å²) in [6.07, 6.45) is -5.09.